The van der Waals surface area contributed by atoms with Crippen LogP contribution in [0, 0.1) is 0 Å². The van der Waals surface area contributed by atoms with E-state index in [4.69, 9.17) is 10.8 Å². The quantitative estimate of drug-likeness (QED) is 0.659. The van der Waals surface area contributed by atoms with Crippen molar-refractivity contribution in [3.63, 3.8) is 0 Å². The predicted molar refractivity (Wildman–Crippen MR) is 52.8 cm³/mol. The highest BCUT2D eigenvalue weighted by Gasteiger charge is 2.25. The lowest BCUT2D eigenvalue weighted by atomic mass is 10.1. The number of amides is 1. The molecular weight excluding hydrogens is 184 g/mol. The fourth-order valence-corrected chi connectivity index (χ4v) is 1.05. The third kappa shape index (κ3) is 3.33. The van der Waals surface area contributed by atoms with Gasteiger partial charge in [0, 0.05) is 7.05 Å². The molecule has 0 heterocycles. The summed E-state index contributed by atoms with van der Waals surface area (Å²) in [5, 5.41) is 8.68. The van der Waals surface area contributed by atoms with Crippen molar-refractivity contribution >= 4 is 11.9 Å². The van der Waals surface area contributed by atoms with Crippen LogP contribution in [0.5, 0.6) is 0 Å². The summed E-state index contributed by atoms with van der Waals surface area (Å²) in [4.78, 5) is 23.3. The minimum absolute atomic E-state index is 0.318. The van der Waals surface area contributed by atoms with Crippen molar-refractivity contribution in [3.05, 3.63) is 0 Å². The predicted octanol–water partition coefficient (Wildman–Crippen LogP) is 0.0453. The Morgan fingerprint density at radius 3 is 2.36 bits per heavy atom. The van der Waals surface area contributed by atoms with Gasteiger partial charge in [0.2, 0.25) is 5.91 Å². The van der Waals surface area contributed by atoms with E-state index in [9.17, 15) is 9.59 Å². The Morgan fingerprint density at radius 2 is 2.00 bits per heavy atom. The van der Waals surface area contributed by atoms with E-state index in [2.05, 4.69) is 0 Å². The van der Waals surface area contributed by atoms with Gasteiger partial charge in [0.1, 0.15) is 6.04 Å². The number of carboxylic acid groups (broad SMARTS) is 1. The van der Waals surface area contributed by atoms with Gasteiger partial charge in [-0.25, -0.2) is 4.79 Å². The second kappa shape index (κ2) is 5.59. The van der Waals surface area contributed by atoms with Crippen molar-refractivity contribution < 1.29 is 14.7 Å². The van der Waals surface area contributed by atoms with Crippen molar-refractivity contribution in [3.8, 4) is 0 Å². The molecule has 0 aliphatic carbocycles. The van der Waals surface area contributed by atoms with Crippen LogP contribution in [-0.2, 0) is 9.59 Å². The third-order valence-electron chi connectivity index (χ3n) is 2.20. The Labute approximate surface area is 83.9 Å². The van der Waals surface area contributed by atoms with Crippen LogP contribution in [0.1, 0.15) is 26.7 Å². The first-order valence-corrected chi connectivity index (χ1v) is 4.66. The Kier molecular flexibility index (Phi) is 5.15. The Bertz CT molecular complexity index is 218. The zero-order valence-corrected chi connectivity index (χ0v) is 8.86. The summed E-state index contributed by atoms with van der Waals surface area (Å²) in [6.07, 6.45) is 1.39. The minimum Gasteiger partial charge on any atom is -0.480 e. The van der Waals surface area contributed by atoms with Gasteiger partial charge in [-0.15, -0.1) is 0 Å². The van der Waals surface area contributed by atoms with Crippen molar-refractivity contribution in [1.82, 2.24) is 4.90 Å². The number of rotatable bonds is 5. The van der Waals surface area contributed by atoms with Crippen LogP contribution in [0.15, 0.2) is 0 Å². The van der Waals surface area contributed by atoms with E-state index in [0.717, 1.165) is 6.42 Å². The molecule has 3 N–H and O–H groups in total. The van der Waals surface area contributed by atoms with Crippen LogP contribution in [0.3, 0.4) is 0 Å². The number of hydrogen-bond donors (Lipinski definition) is 2. The van der Waals surface area contributed by atoms with E-state index < -0.39 is 18.1 Å². The standard InChI is InChI=1S/C9H18N2O3/c1-4-5-7(10)8(12)11(3)6(2)9(13)14/h6-7H,4-5,10H2,1-3H3,(H,13,14)/t6?,7-/m0/s1. The summed E-state index contributed by atoms with van der Waals surface area (Å²) < 4.78 is 0. The molecule has 0 aliphatic heterocycles. The molecule has 5 nitrogen and oxygen atoms in total. The van der Waals surface area contributed by atoms with Crippen molar-refractivity contribution in [1.29, 1.82) is 0 Å². The highest BCUT2D eigenvalue weighted by Crippen LogP contribution is 2.02. The van der Waals surface area contributed by atoms with Crippen LogP contribution in [-0.4, -0.2) is 41.0 Å². The summed E-state index contributed by atoms with van der Waals surface area (Å²) in [7, 11) is 1.46. The van der Waals surface area contributed by atoms with Gasteiger partial charge in [-0.05, 0) is 13.3 Å². The summed E-state index contributed by atoms with van der Waals surface area (Å²) in [5.41, 5.74) is 5.58. The topological polar surface area (TPSA) is 83.6 Å². The van der Waals surface area contributed by atoms with Crippen LogP contribution in [0.2, 0.25) is 0 Å². The molecule has 0 saturated heterocycles. The van der Waals surface area contributed by atoms with Gasteiger partial charge in [-0.1, -0.05) is 13.3 Å². The van der Waals surface area contributed by atoms with E-state index in [-0.39, 0.29) is 5.91 Å². The molecule has 0 bridgehead atoms. The number of hydrogen-bond acceptors (Lipinski definition) is 3. The molecule has 0 aromatic heterocycles. The average molecular weight is 202 g/mol. The SMILES string of the molecule is CCC[C@H](N)C(=O)N(C)C(C)C(=O)O. The number of carboxylic acids is 1. The summed E-state index contributed by atoms with van der Waals surface area (Å²) >= 11 is 0. The Balaban J connectivity index is 4.30. The van der Waals surface area contributed by atoms with Gasteiger partial charge in [-0.3, -0.25) is 4.79 Å². The van der Waals surface area contributed by atoms with E-state index in [0.29, 0.717) is 6.42 Å². The number of nitrogens with zero attached hydrogens (tertiary/aromatic N) is 1. The van der Waals surface area contributed by atoms with E-state index >= 15 is 0 Å². The number of carbonyl (C=O) groups excluding carboxylic acids is 1. The number of likely N-dealkylation sites (N-methyl/N-ethyl adjacent to an activating group) is 1. The molecule has 1 amide bonds. The highest BCUT2D eigenvalue weighted by molar-refractivity contribution is 5.86. The maximum absolute atomic E-state index is 11.5. The molecule has 0 fully saturated rings. The van der Waals surface area contributed by atoms with Crippen molar-refractivity contribution in [2.45, 2.75) is 38.8 Å². The molecule has 0 spiro atoms. The summed E-state index contributed by atoms with van der Waals surface area (Å²) in [6.45, 7) is 3.38. The molecule has 14 heavy (non-hydrogen) atoms. The monoisotopic (exact) mass is 202 g/mol. The maximum atomic E-state index is 11.5. The Hall–Kier alpha value is -1.10. The number of aliphatic carboxylic acids is 1. The zero-order chi connectivity index (χ0) is 11.3. The lowest BCUT2D eigenvalue weighted by Gasteiger charge is -2.24. The lowest BCUT2D eigenvalue weighted by Crippen LogP contribution is -2.48. The molecule has 0 aromatic rings. The van der Waals surface area contributed by atoms with Crippen molar-refractivity contribution in [2.24, 2.45) is 5.73 Å². The first kappa shape index (κ1) is 12.9. The fraction of sp³-hybridized carbons (Fsp3) is 0.778. The molecule has 0 aromatic carbocycles. The average Bonchev–Trinajstić information content (AvgIpc) is 2.14. The van der Waals surface area contributed by atoms with Crippen LogP contribution >= 0.6 is 0 Å². The molecule has 2 atom stereocenters. The molecule has 82 valence electrons. The van der Waals surface area contributed by atoms with E-state index in [1.807, 2.05) is 6.92 Å². The molecule has 0 saturated carbocycles. The van der Waals surface area contributed by atoms with Gasteiger partial charge in [0.25, 0.3) is 0 Å². The minimum atomic E-state index is -1.02. The summed E-state index contributed by atoms with van der Waals surface area (Å²) in [6, 6.07) is -1.42. The van der Waals surface area contributed by atoms with Crippen LogP contribution in [0.25, 0.3) is 0 Å². The van der Waals surface area contributed by atoms with Crippen LogP contribution < -0.4 is 5.73 Å². The largest absolute Gasteiger partial charge is 0.480 e. The highest BCUT2D eigenvalue weighted by atomic mass is 16.4. The van der Waals surface area contributed by atoms with E-state index in [1.165, 1.54) is 18.9 Å². The molecule has 0 radical (unpaired) electrons. The van der Waals surface area contributed by atoms with Gasteiger partial charge in [0.05, 0.1) is 6.04 Å². The number of nitrogens with two attached hydrogens (primary N) is 1. The molecule has 0 aliphatic rings. The fourth-order valence-electron chi connectivity index (χ4n) is 1.05. The molecular formula is C9H18N2O3. The van der Waals surface area contributed by atoms with Crippen molar-refractivity contribution in [2.75, 3.05) is 7.05 Å². The molecule has 5 heteroatoms. The zero-order valence-electron chi connectivity index (χ0n) is 8.86. The Morgan fingerprint density at radius 1 is 1.50 bits per heavy atom. The summed E-state index contributed by atoms with van der Waals surface area (Å²) in [5.74, 6) is -1.34. The first-order valence-electron chi connectivity index (χ1n) is 4.66. The lowest BCUT2D eigenvalue weighted by molar-refractivity contribution is -0.148. The van der Waals surface area contributed by atoms with E-state index in [1.54, 1.807) is 0 Å². The molecule has 0 rings (SSSR count). The van der Waals surface area contributed by atoms with Gasteiger partial charge < -0.3 is 15.7 Å². The second-order valence-electron chi connectivity index (χ2n) is 3.36. The second-order valence-corrected chi connectivity index (χ2v) is 3.36. The smallest absolute Gasteiger partial charge is 0.326 e. The van der Waals surface area contributed by atoms with Gasteiger partial charge in [0.15, 0.2) is 0 Å². The normalized spacial score (nSPS) is 14.6. The number of carbonyl (C=O) groups is 2. The molecule has 1 unspecified atom stereocenters. The van der Waals surface area contributed by atoms with Gasteiger partial charge >= 0.3 is 5.97 Å². The first-order chi connectivity index (χ1) is 6.41. The van der Waals surface area contributed by atoms with Crippen LogP contribution in [0.4, 0.5) is 0 Å². The third-order valence-corrected chi connectivity index (χ3v) is 2.20. The van der Waals surface area contributed by atoms with Gasteiger partial charge in [-0.2, -0.15) is 0 Å². The maximum Gasteiger partial charge on any atom is 0.326 e.